The van der Waals surface area contributed by atoms with Gasteiger partial charge in [0.2, 0.25) is 0 Å². The van der Waals surface area contributed by atoms with E-state index < -0.39 is 0 Å². The Hall–Kier alpha value is -2.10. The molecule has 4 heteroatoms. The number of fused-ring (bicyclic) bond motifs is 1. The first-order chi connectivity index (χ1) is 10.2. The van der Waals surface area contributed by atoms with E-state index in [0.29, 0.717) is 6.54 Å². The normalized spacial score (nSPS) is 14.7. The van der Waals surface area contributed by atoms with E-state index in [-0.39, 0.29) is 5.91 Å². The highest BCUT2D eigenvalue weighted by Crippen LogP contribution is 2.27. The van der Waals surface area contributed by atoms with Crippen molar-refractivity contribution in [3.8, 4) is 0 Å². The highest BCUT2D eigenvalue weighted by atomic mass is 16.2. The number of amides is 1. The molecule has 1 fully saturated rings. The van der Waals surface area contributed by atoms with Crippen LogP contribution in [0.4, 0.5) is 5.82 Å². The lowest BCUT2D eigenvalue weighted by atomic mass is 10.1. The molecule has 0 bridgehead atoms. The van der Waals surface area contributed by atoms with Gasteiger partial charge in [0.25, 0.3) is 5.91 Å². The van der Waals surface area contributed by atoms with Crippen molar-refractivity contribution in [3.05, 3.63) is 35.9 Å². The van der Waals surface area contributed by atoms with E-state index in [1.807, 2.05) is 44.3 Å². The third-order valence-corrected chi connectivity index (χ3v) is 4.16. The number of pyridine rings is 1. The number of carbonyl (C=O) groups is 1. The summed E-state index contributed by atoms with van der Waals surface area (Å²) in [5.74, 6) is 0.897. The molecule has 1 aromatic carbocycles. The second-order valence-corrected chi connectivity index (χ2v) is 5.57. The maximum Gasteiger partial charge on any atom is 0.257 e. The molecule has 0 radical (unpaired) electrons. The Morgan fingerprint density at radius 1 is 1.29 bits per heavy atom. The zero-order valence-electron chi connectivity index (χ0n) is 12.7. The Labute approximate surface area is 125 Å². The standard InChI is InChI=1S/C17H21N3O/c1-3-19(2)17(21)14-12-13-8-4-5-9-15(13)18-16(14)20-10-6-7-11-20/h4-5,8-9,12H,3,6-7,10-11H2,1-2H3. The molecule has 21 heavy (non-hydrogen) atoms. The molecular weight excluding hydrogens is 262 g/mol. The van der Waals surface area contributed by atoms with Gasteiger partial charge in [0.05, 0.1) is 11.1 Å². The smallest absolute Gasteiger partial charge is 0.257 e. The first kappa shape index (κ1) is 13.9. The number of aromatic nitrogens is 1. The molecule has 3 rings (SSSR count). The average molecular weight is 283 g/mol. The van der Waals surface area contributed by atoms with E-state index in [2.05, 4.69) is 4.90 Å². The topological polar surface area (TPSA) is 36.4 Å². The molecule has 1 amide bonds. The minimum atomic E-state index is 0.0534. The van der Waals surface area contributed by atoms with Crippen LogP contribution in [-0.4, -0.2) is 42.5 Å². The maximum atomic E-state index is 12.7. The summed E-state index contributed by atoms with van der Waals surface area (Å²) in [5.41, 5.74) is 1.68. The number of hydrogen-bond donors (Lipinski definition) is 0. The molecule has 0 unspecified atom stereocenters. The van der Waals surface area contributed by atoms with Gasteiger partial charge < -0.3 is 9.80 Å². The first-order valence-corrected chi connectivity index (χ1v) is 7.61. The van der Waals surface area contributed by atoms with Crippen LogP contribution < -0.4 is 4.90 Å². The fraction of sp³-hybridized carbons (Fsp3) is 0.412. The van der Waals surface area contributed by atoms with Gasteiger partial charge in [-0.25, -0.2) is 4.98 Å². The summed E-state index contributed by atoms with van der Waals surface area (Å²) in [6.07, 6.45) is 2.34. The van der Waals surface area contributed by atoms with Gasteiger partial charge in [0.1, 0.15) is 5.82 Å². The van der Waals surface area contributed by atoms with Crippen molar-refractivity contribution in [2.75, 3.05) is 31.6 Å². The van der Waals surface area contributed by atoms with E-state index in [9.17, 15) is 4.79 Å². The summed E-state index contributed by atoms with van der Waals surface area (Å²) in [5, 5.41) is 1.02. The van der Waals surface area contributed by atoms with Crippen molar-refractivity contribution >= 4 is 22.6 Å². The number of nitrogens with zero attached hydrogens (tertiary/aromatic N) is 3. The van der Waals surface area contributed by atoms with Crippen LogP contribution in [0.5, 0.6) is 0 Å². The van der Waals surface area contributed by atoms with Crippen molar-refractivity contribution in [1.82, 2.24) is 9.88 Å². The van der Waals surface area contributed by atoms with Crippen LogP contribution in [0.15, 0.2) is 30.3 Å². The fourth-order valence-corrected chi connectivity index (χ4v) is 2.78. The van der Waals surface area contributed by atoms with E-state index in [4.69, 9.17) is 4.98 Å². The fourth-order valence-electron chi connectivity index (χ4n) is 2.78. The average Bonchev–Trinajstić information content (AvgIpc) is 3.06. The highest BCUT2D eigenvalue weighted by molar-refractivity contribution is 6.02. The van der Waals surface area contributed by atoms with Crippen molar-refractivity contribution in [1.29, 1.82) is 0 Å². The Morgan fingerprint density at radius 2 is 2.00 bits per heavy atom. The van der Waals surface area contributed by atoms with Crippen LogP contribution in [0.2, 0.25) is 0 Å². The van der Waals surface area contributed by atoms with Crippen molar-refractivity contribution in [2.24, 2.45) is 0 Å². The number of hydrogen-bond acceptors (Lipinski definition) is 3. The van der Waals surface area contributed by atoms with Gasteiger partial charge in [-0.2, -0.15) is 0 Å². The SMILES string of the molecule is CCN(C)C(=O)c1cc2ccccc2nc1N1CCCC1. The number of anilines is 1. The quantitative estimate of drug-likeness (QED) is 0.869. The minimum absolute atomic E-state index is 0.0534. The molecule has 0 N–H and O–H groups in total. The van der Waals surface area contributed by atoms with Gasteiger partial charge in [-0.3, -0.25) is 4.79 Å². The Balaban J connectivity index is 2.14. The van der Waals surface area contributed by atoms with Gasteiger partial charge in [0, 0.05) is 32.1 Å². The largest absolute Gasteiger partial charge is 0.356 e. The molecule has 1 aliphatic heterocycles. The lowest BCUT2D eigenvalue weighted by molar-refractivity contribution is 0.0803. The predicted octanol–water partition coefficient (Wildman–Crippen LogP) is 2.93. The molecule has 2 aromatic rings. The number of para-hydroxylation sites is 1. The molecule has 0 spiro atoms. The number of carbonyl (C=O) groups excluding carboxylic acids is 1. The molecule has 0 atom stereocenters. The third-order valence-electron chi connectivity index (χ3n) is 4.16. The van der Waals surface area contributed by atoms with Gasteiger partial charge in [-0.15, -0.1) is 0 Å². The molecule has 0 saturated carbocycles. The van der Waals surface area contributed by atoms with Crippen molar-refractivity contribution in [3.63, 3.8) is 0 Å². The molecule has 2 heterocycles. The lowest BCUT2D eigenvalue weighted by Gasteiger charge is -2.23. The van der Waals surface area contributed by atoms with Crippen LogP contribution in [-0.2, 0) is 0 Å². The molecule has 110 valence electrons. The van der Waals surface area contributed by atoms with Gasteiger partial charge >= 0.3 is 0 Å². The lowest BCUT2D eigenvalue weighted by Crippen LogP contribution is -2.30. The van der Waals surface area contributed by atoms with Crippen LogP contribution in [0, 0.1) is 0 Å². The maximum absolute atomic E-state index is 12.7. The monoisotopic (exact) mass is 283 g/mol. The van der Waals surface area contributed by atoms with Crippen molar-refractivity contribution < 1.29 is 4.79 Å². The Morgan fingerprint density at radius 3 is 2.71 bits per heavy atom. The first-order valence-electron chi connectivity index (χ1n) is 7.61. The molecular formula is C17H21N3O. The Bertz CT molecular complexity index is 662. The van der Waals surface area contributed by atoms with Gasteiger partial charge in [-0.1, -0.05) is 18.2 Å². The number of rotatable bonds is 3. The van der Waals surface area contributed by atoms with E-state index in [0.717, 1.165) is 35.4 Å². The summed E-state index contributed by atoms with van der Waals surface area (Å²) < 4.78 is 0. The summed E-state index contributed by atoms with van der Waals surface area (Å²) in [4.78, 5) is 21.4. The van der Waals surface area contributed by atoms with Gasteiger partial charge in [0.15, 0.2) is 0 Å². The molecule has 1 saturated heterocycles. The molecule has 1 aromatic heterocycles. The predicted molar refractivity (Wildman–Crippen MR) is 85.8 cm³/mol. The zero-order valence-corrected chi connectivity index (χ0v) is 12.7. The highest BCUT2D eigenvalue weighted by Gasteiger charge is 2.23. The summed E-state index contributed by atoms with van der Waals surface area (Å²) in [7, 11) is 1.84. The zero-order chi connectivity index (χ0) is 14.8. The molecule has 0 aliphatic carbocycles. The summed E-state index contributed by atoms with van der Waals surface area (Å²) >= 11 is 0. The van der Waals surface area contributed by atoms with E-state index in [1.165, 1.54) is 12.8 Å². The van der Waals surface area contributed by atoms with Crippen molar-refractivity contribution in [2.45, 2.75) is 19.8 Å². The minimum Gasteiger partial charge on any atom is -0.356 e. The second-order valence-electron chi connectivity index (χ2n) is 5.57. The Kier molecular flexibility index (Phi) is 3.78. The van der Waals surface area contributed by atoms with Crippen LogP contribution in [0.1, 0.15) is 30.1 Å². The van der Waals surface area contributed by atoms with Gasteiger partial charge in [-0.05, 0) is 31.9 Å². The summed E-state index contributed by atoms with van der Waals surface area (Å²) in [6, 6.07) is 9.98. The van der Waals surface area contributed by atoms with E-state index >= 15 is 0 Å². The third kappa shape index (κ3) is 2.58. The van der Waals surface area contributed by atoms with E-state index in [1.54, 1.807) is 4.90 Å². The van der Waals surface area contributed by atoms with Crippen LogP contribution in [0.25, 0.3) is 10.9 Å². The van der Waals surface area contributed by atoms with Crippen LogP contribution in [0.3, 0.4) is 0 Å². The van der Waals surface area contributed by atoms with Crippen LogP contribution >= 0.6 is 0 Å². The molecule has 4 nitrogen and oxygen atoms in total. The second kappa shape index (κ2) is 5.72. The molecule has 1 aliphatic rings. The number of benzene rings is 1. The summed E-state index contributed by atoms with van der Waals surface area (Å²) in [6.45, 7) is 4.66.